The first-order valence-corrected chi connectivity index (χ1v) is 13.4. The van der Waals surface area contributed by atoms with Gasteiger partial charge >= 0.3 is 0 Å². The van der Waals surface area contributed by atoms with E-state index in [1.165, 1.54) is 30.1 Å². The first kappa shape index (κ1) is 27.7. The van der Waals surface area contributed by atoms with E-state index in [-0.39, 0.29) is 28.6 Å². The highest BCUT2D eigenvalue weighted by Gasteiger charge is 2.18. The molecule has 0 saturated heterocycles. The average molecular weight is 665 g/mol. The summed E-state index contributed by atoms with van der Waals surface area (Å²) in [6.07, 6.45) is 2.84. The van der Waals surface area contributed by atoms with Crippen LogP contribution < -0.4 is 15.0 Å². The summed E-state index contributed by atoms with van der Waals surface area (Å²) in [5.74, 6) is 1.12. The van der Waals surface area contributed by atoms with Crippen LogP contribution in [-0.4, -0.2) is 27.9 Å². The van der Waals surface area contributed by atoms with Crippen molar-refractivity contribution >= 4 is 66.3 Å². The normalized spacial score (nSPS) is 11.3. The number of halogens is 3. The van der Waals surface area contributed by atoms with E-state index in [9.17, 15) is 14.9 Å². The van der Waals surface area contributed by atoms with Crippen LogP contribution in [0.15, 0.2) is 67.4 Å². The van der Waals surface area contributed by atoms with Crippen LogP contribution in [0.3, 0.4) is 0 Å². The van der Waals surface area contributed by atoms with Crippen molar-refractivity contribution in [3.63, 3.8) is 0 Å². The van der Waals surface area contributed by atoms with Crippen molar-refractivity contribution in [3.05, 3.63) is 99.9 Å². The molecule has 4 rings (SSSR count). The van der Waals surface area contributed by atoms with Crippen LogP contribution in [0, 0.1) is 10.1 Å². The third kappa shape index (κ3) is 5.90. The lowest BCUT2D eigenvalue weighted by atomic mass is 10.2. The Morgan fingerprint density at radius 2 is 2.00 bits per heavy atom. The van der Waals surface area contributed by atoms with Crippen LogP contribution in [0.25, 0.3) is 10.9 Å². The van der Waals surface area contributed by atoms with E-state index in [1.54, 1.807) is 30.3 Å². The van der Waals surface area contributed by atoms with Gasteiger partial charge in [-0.05, 0) is 52.2 Å². The van der Waals surface area contributed by atoms with E-state index in [0.29, 0.717) is 44.5 Å². The van der Waals surface area contributed by atoms with Gasteiger partial charge in [-0.2, -0.15) is 9.78 Å². The summed E-state index contributed by atoms with van der Waals surface area (Å²) in [5.41, 5.74) is 1.41. The van der Waals surface area contributed by atoms with Crippen LogP contribution >= 0.6 is 43.5 Å². The van der Waals surface area contributed by atoms with E-state index in [0.717, 1.165) is 10.9 Å². The number of ether oxygens (including phenoxy) is 2. The zero-order valence-electron chi connectivity index (χ0n) is 20.3. The number of methoxy groups -OCH3 is 1. The molecular formula is C26H21Br2ClN4O5. The lowest BCUT2D eigenvalue weighted by Gasteiger charge is -2.15. The van der Waals surface area contributed by atoms with Gasteiger partial charge in [0, 0.05) is 33.1 Å². The van der Waals surface area contributed by atoms with Gasteiger partial charge in [0.05, 0.1) is 29.2 Å². The molecule has 0 aliphatic carbocycles. The topological polar surface area (TPSA) is 109 Å². The second kappa shape index (κ2) is 12.1. The molecule has 0 saturated carbocycles. The van der Waals surface area contributed by atoms with Crippen molar-refractivity contribution in [1.82, 2.24) is 9.66 Å². The van der Waals surface area contributed by atoms with Gasteiger partial charge in [-0.3, -0.25) is 14.9 Å². The maximum atomic E-state index is 13.3. The average Bonchev–Trinajstić information content (AvgIpc) is 2.90. The van der Waals surface area contributed by atoms with Crippen molar-refractivity contribution in [2.45, 2.75) is 26.4 Å². The SMILES string of the molecule is CCCc1nc2ccc(Br)cc2c(=O)n1N=Cc1cc(OC)c(OCc2cccc([N+](=O)[O-])c2)c(Cl)c1Br. The minimum Gasteiger partial charge on any atom is -0.493 e. The molecule has 38 heavy (non-hydrogen) atoms. The molecule has 1 aromatic heterocycles. The Labute approximate surface area is 239 Å². The van der Waals surface area contributed by atoms with E-state index in [4.69, 9.17) is 21.1 Å². The number of nitro benzene ring substituents is 1. The Morgan fingerprint density at radius 1 is 1.21 bits per heavy atom. The van der Waals surface area contributed by atoms with Gasteiger partial charge in [0.2, 0.25) is 0 Å². The van der Waals surface area contributed by atoms with Gasteiger partial charge in [0.25, 0.3) is 11.2 Å². The van der Waals surface area contributed by atoms with Gasteiger partial charge < -0.3 is 9.47 Å². The van der Waals surface area contributed by atoms with Gasteiger partial charge in [0.1, 0.15) is 17.5 Å². The molecule has 1 heterocycles. The lowest BCUT2D eigenvalue weighted by molar-refractivity contribution is -0.384. The molecule has 9 nitrogen and oxygen atoms in total. The lowest BCUT2D eigenvalue weighted by Crippen LogP contribution is -2.22. The smallest absolute Gasteiger partial charge is 0.282 e. The number of benzene rings is 3. The molecule has 196 valence electrons. The highest BCUT2D eigenvalue weighted by atomic mass is 79.9. The van der Waals surface area contributed by atoms with E-state index in [2.05, 4.69) is 41.9 Å². The summed E-state index contributed by atoms with van der Waals surface area (Å²) in [7, 11) is 1.47. The highest BCUT2D eigenvalue weighted by Crippen LogP contribution is 2.42. The molecule has 3 aromatic carbocycles. The molecule has 0 radical (unpaired) electrons. The molecule has 12 heteroatoms. The molecular weight excluding hydrogens is 644 g/mol. The number of fused-ring (bicyclic) bond motifs is 1. The second-order valence-electron chi connectivity index (χ2n) is 8.14. The number of nitro groups is 1. The van der Waals surface area contributed by atoms with Crippen LogP contribution in [-0.2, 0) is 13.0 Å². The maximum Gasteiger partial charge on any atom is 0.282 e. The molecule has 0 N–H and O–H groups in total. The maximum absolute atomic E-state index is 13.3. The standard InChI is InChI=1S/C26H21Br2ClN4O5/c1-3-5-22-31-20-9-8-17(27)12-19(20)26(34)32(22)30-13-16-11-21(37-2)25(24(29)23(16)28)38-14-15-6-4-7-18(10-15)33(35)36/h4,6-13H,3,5,14H2,1-2H3. The van der Waals surface area contributed by atoms with Gasteiger partial charge in [-0.1, -0.05) is 46.6 Å². The predicted molar refractivity (Wildman–Crippen MR) is 154 cm³/mol. The van der Waals surface area contributed by atoms with E-state index >= 15 is 0 Å². The fourth-order valence-corrected chi connectivity index (χ4v) is 4.73. The number of hydrogen-bond acceptors (Lipinski definition) is 7. The van der Waals surface area contributed by atoms with Gasteiger partial charge in [-0.25, -0.2) is 4.98 Å². The van der Waals surface area contributed by atoms with Crippen LogP contribution in [0.4, 0.5) is 5.69 Å². The number of rotatable bonds is 9. The van der Waals surface area contributed by atoms with Crippen molar-refractivity contribution in [3.8, 4) is 11.5 Å². The summed E-state index contributed by atoms with van der Waals surface area (Å²) in [6.45, 7) is 2.03. The van der Waals surface area contributed by atoms with Crippen molar-refractivity contribution in [1.29, 1.82) is 0 Å². The van der Waals surface area contributed by atoms with E-state index in [1.807, 2.05) is 13.0 Å². The van der Waals surface area contributed by atoms with Crippen LogP contribution in [0.1, 0.15) is 30.3 Å². The van der Waals surface area contributed by atoms with Crippen LogP contribution in [0.2, 0.25) is 5.02 Å². The first-order valence-electron chi connectivity index (χ1n) is 11.4. The molecule has 4 aromatic rings. The Balaban J connectivity index is 1.70. The summed E-state index contributed by atoms with van der Waals surface area (Å²) in [5, 5.41) is 16.2. The number of aryl methyl sites for hydroxylation is 1. The van der Waals surface area contributed by atoms with Gasteiger partial charge in [-0.15, -0.1) is 0 Å². The molecule has 0 amide bonds. The fourth-order valence-electron chi connectivity index (χ4n) is 3.72. The third-order valence-electron chi connectivity index (χ3n) is 5.54. The van der Waals surface area contributed by atoms with Crippen LogP contribution in [0.5, 0.6) is 11.5 Å². The predicted octanol–water partition coefficient (Wildman–Crippen LogP) is 6.91. The summed E-state index contributed by atoms with van der Waals surface area (Å²) >= 11 is 13.5. The minimum absolute atomic E-state index is 0.0335. The zero-order valence-corrected chi connectivity index (χ0v) is 24.2. The summed E-state index contributed by atoms with van der Waals surface area (Å²) in [6, 6.07) is 13.1. The van der Waals surface area contributed by atoms with Crippen molar-refractivity contribution in [2.75, 3.05) is 7.11 Å². The number of nitrogens with zero attached hydrogens (tertiary/aromatic N) is 4. The molecule has 0 fully saturated rings. The number of hydrogen-bond donors (Lipinski definition) is 0. The Morgan fingerprint density at radius 3 is 2.71 bits per heavy atom. The Kier molecular flexibility index (Phi) is 8.80. The first-order chi connectivity index (χ1) is 18.2. The minimum atomic E-state index is -0.469. The molecule has 0 aliphatic heterocycles. The van der Waals surface area contributed by atoms with Crippen molar-refractivity contribution < 1.29 is 14.4 Å². The molecule has 0 unspecified atom stereocenters. The van der Waals surface area contributed by atoms with Crippen molar-refractivity contribution in [2.24, 2.45) is 5.10 Å². The molecule has 0 spiro atoms. The zero-order chi connectivity index (χ0) is 27.4. The Bertz CT molecular complexity index is 1620. The quantitative estimate of drug-likeness (QED) is 0.109. The third-order valence-corrected chi connectivity index (χ3v) is 7.48. The molecule has 0 aliphatic rings. The largest absolute Gasteiger partial charge is 0.493 e. The highest BCUT2D eigenvalue weighted by molar-refractivity contribution is 9.10. The number of aromatic nitrogens is 2. The number of non-ortho nitro benzene ring substituents is 1. The van der Waals surface area contributed by atoms with E-state index < -0.39 is 4.92 Å². The monoisotopic (exact) mass is 662 g/mol. The summed E-state index contributed by atoms with van der Waals surface area (Å²) in [4.78, 5) is 28.5. The summed E-state index contributed by atoms with van der Waals surface area (Å²) < 4.78 is 13.9. The Hall–Kier alpha value is -3.28. The molecule has 0 bridgehead atoms. The fraction of sp³-hybridized carbons (Fsp3) is 0.192. The second-order valence-corrected chi connectivity index (χ2v) is 10.2. The van der Waals surface area contributed by atoms with Gasteiger partial charge in [0.15, 0.2) is 11.5 Å². The molecule has 0 atom stereocenters.